The lowest BCUT2D eigenvalue weighted by atomic mass is 9.76. The number of rotatable bonds is 6. The van der Waals surface area contributed by atoms with E-state index in [0.29, 0.717) is 31.5 Å². The predicted octanol–water partition coefficient (Wildman–Crippen LogP) is 3.03. The maximum Gasteiger partial charge on any atom is 0.240 e. The third kappa shape index (κ3) is 4.21. The number of carbonyl (C=O) groups excluding carboxylic acids is 1. The molecule has 2 aliphatic rings. The second-order valence-electron chi connectivity index (χ2n) is 7.68. The zero-order chi connectivity index (χ0) is 17.9. The van der Waals surface area contributed by atoms with Crippen molar-refractivity contribution in [1.82, 2.24) is 5.32 Å². The summed E-state index contributed by atoms with van der Waals surface area (Å²) in [6.07, 6.45) is 6.40. The molecule has 138 valence electrons. The van der Waals surface area contributed by atoms with Crippen LogP contribution in [0.3, 0.4) is 0 Å². The summed E-state index contributed by atoms with van der Waals surface area (Å²) in [5.41, 5.74) is 7.25. The van der Waals surface area contributed by atoms with Crippen molar-refractivity contribution in [2.75, 3.05) is 19.8 Å². The molecule has 1 saturated carbocycles. The molecular formula is C20H29FN2O2. The van der Waals surface area contributed by atoms with Gasteiger partial charge in [0.25, 0.3) is 0 Å². The first kappa shape index (κ1) is 18.3. The molecule has 25 heavy (non-hydrogen) atoms. The van der Waals surface area contributed by atoms with Gasteiger partial charge in [-0.1, -0.05) is 6.07 Å². The van der Waals surface area contributed by atoms with E-state index in [1.807, 2.05) is 13.0 Å². The van der Waals surface area contributed by atoms with Crippen LogP contribution in [0.1, 0.15) is 55.6 Å². The first-order valence-electron chi connectivity index (χ1n) is 9.39. The van der Waals surface area contributed by atoms with Crippen LogP contribution < -0.4 is 11.1 Å². The number of aryl methyl sites for hydroxylation is 1. The van der Waals surface area contributed by atoms with Gasteiger partial charge >= 0.3 is 0 Å². The van der Waals surface area contributed by atoms with Gasteiger partial charge in [-0.15, -0.1) is 0 Å². The molecule has 5 heteroatoms. The lowest BCUT2D eigenvalue weighted by molar-refractivity contribution is -0.124. The van der Waals surface area contributed by atoms with E-state index in [4.69, 9.17) is 10.5 Å². The average molecular weight is 348 g/mol. The Bertz CT molecular complexity index is 606. The van der Waals surface area contributed by atoms with Gasteiger partial charge in [-0.05, 0) is 80.7 Å². The molecule has 1 heterocycles. The summed E-state index contributed by atoms with van der Waals surface area (Å²) >= 11 is 0. The van der Waals surface area contributed by atoms with Crippen molar-refractivity contribution in [3.8, 4) is 0 Å². The molecule has 1 unspecified atom stereocenters. The molecule has 0 radical (unpaired) electrons. The highest BCUT2D eigenvalue weighted by Gasteiger charge is 2.40. The minimum atomic E-state index is -0.664. The molecule has 1 amide bonds. The van der Waals surface area contributed by atoms with Gasteiger partial charge in [0.2, 0.25) is 5.91 Å². The fourth-order valence-electron chi connectivity index (χ4n) is 4.36. The van der Waals surface area contributed by atoms with Crippen molar-refractivity contribution >= 4 is 5.91 Å². The monoisotopic (exact) mass is 348 g/mol. The van der Waals surface area contributed by atoms with E-state index in [1.54, 1.807) is 12.1 Å². The van der Waals surface area contributed by atoms with Crippen LogP contribution in [0.5, 0.6) is 0 Å². The second kappa shape index (κ2) is 7.83. The first-order chi connectivity index (χ1) is 12.0. The molecule has 4 nitrogen and oxygen atoms in total. The van der Waals surface area contributed by atoms with Gasteiger partial charge in [-0.2, -0.15) is 0 Å². The van der Waals surface area contributed by atoms with Crippen LogP contribution in [0.4, 0.5) is 4.39 Å². The fraction of sp³-hybridized carbons (Fsp3) is 0.650. The van der Waals surface area contributed by atoms with Crippen LogP contribution in [0.25, 0.3) is 0 Å². The van der Waals surface area contributed by atoms with Gasteiger partial charge in [0.15, 0.2) is 0 Å². The summed E-state index contributed by atoms with van der Waals surface area (Å²) < 4.78 is 18.6. The second-order valence-corrected chi connectivity index (χ2v) is 7.68. The zero-order valence-corrected chi connectivity index (χ0v) is 15.0. The zero-order valence-electron chi connectivity index (χ0n) is 15.0. The van der Waals surface area contributed by atoms with Crippen molar-refractivity contribution in [2.45, 2.75) is 56.9 Å². The molecule has 2 fully saturated rings. The third-order valence-corrected chi connectivity index (χ3v) is 6.03. The van der Waals surface area contributed by atoms with E-state index < -0.39 is 5.54 Å². The van der Waals surface area contributed by atoms with Gasteiger partial charge in [-0.3, -0.25) is 4.79 Å². The lowest BCUT2D eigenvalue weighted by Crippen LogP contribution is -2.56. The van der Waals surface area contributed by atoms with Crippen molar-refractivity contribution in [3.63, 3.8) is 0 Å². The standard InChI is InChI=1S/C20H29FN2O2/c1-14-12-17(21)6-7-18(14)16-4-2-15(3-5-16)8-10-23-20(19(22)24)9-11-25-13-20/h6-7,12,15-16,23H,2-5,8-11,13H2,1H3,(H2,22,24). The van der Waals surface area contributed by atoms with Crippen molar-refractivity contribution < 1.29 is 13.9 Å². The molecule has 1 aromatic carbocycles. The Hall–Kier alpha value is -1.46. The van der Waals surface area contributed by atoms with Gasteiger partial charge in [0.1, 0.15) is 11.4 Å². The van der Waals surface area contributed by atoms with E-state index in [-0.39, 0.29) is 11.7 Å². The number of nitrogens with two attached hydrogens (primary N) is 1. The molecule has 0 spiro atoms. The average Bonchev–Trinajstić information content (AvgIpc) is 3.06. The molecule has 1 aliphatic carbocycles. The molecule has 3 N–H and O–H groups in total. The third-order valence-electron chi connectivity index (χ3n) is 6.03. The molecular weight excluding hydrogens is 319 g/mol. The number of ether oxygens (including phenoxy) is 1. The molecule has 1 saturated heterocycles. The minimum absolute atomic E-state index is 0.153. The summed E-state index contributed by atoms with van der Waals surface area (Å²) in [7, 11) is 0. The van der Waals surface area contributed by atoms with E-state index in [0.717, 1.165) is 31.4 Å². The van der Waals surface area contributed by atoms with E-state index >= 15 is 0 Å². The van der Waals surface area contributed by atoms with Crippen LogP contribution in [-0.2, 0) is 9.53 Å². The molecule has 3 rings (SSSR count). The Morgan fingerprint density at radius 2 is 2.12 bits per heavy atom. The van der Waals surface area contributed by atoms with Crippen LogP contribution in [0.15, 0.2) is 18.2 Å². The van der Waals surface area contributed by atoms with E-state index in [1.165, 1.54) is 18.4 Å². The molecule has 0 aromatic heterocycles. The molecule has 1 aromatic rings. The van der Waals surface area contributed by atoms with E-state index in [2.05, 4.69) is 5.32 Å². The quantitative estimate of drug-likeness (QED) is 0.830. The first-order valence-corrected chi connectivity index (χ1v) is 9.39. The summed E-state index contributed by atoms with van der Waals surface area (Å²) in [6, 6.07) is 5.16. The Morgan fingerprint density at radius 1 is 1.36 bits per heavy atom. The van der Waals surface area contributed by atoms with Crippen LogP contribution >= 0.6 is 0 Å². The number of amides is 1. The number of benzene rings is 1. The number of nitrogens with one attached hydrogen (secondary N) is 1. The fourth-order valence-corrected chi connectivity index (χ4v) is 4.36. The summed E-state index contributed by atoms with van der Waals surface area (Å²) in [6.45, 7) is 3.79. The predicted molar refractivity (Wildman–Crippen MR) is 95.8 cm³/mol. The van der Waals surface area contributed by atoms with Crippen molar-refractivity contribution in [1.29, 1.82) is 0 Å². The highest BCUT2D eigenvalue weighted by molar-refractivity contribution is 5.85. The molecule has 0 bridgehead atoms. The lowest BCUT2D eigenvalue weighted by Gasteiger charge is -2.31. The van der Waals surface area contributed by atoms with Gasteiger partial charge in [0.05, 0.1) is 6.61 Å². The van der Waals surface area contributed by atoms with Crippen LogP contribution in [0.2, 0.25) is 0 Å². The van der Waals surface area contributed by atoms with Gasteiger partial charge in [-0.25, -0.2) is 4.39 Å². The Labute approximate surface area is 149 Å². The normalized spacial score (nSPS) is 29.7. The molecule has 1 aliphatic heterocycles. The Kier molecular flexibility index (Phi) is 5.74. The minimum Gasteiger partial charge on any atom is -0.379 e. The van der Waals surface area contributed by atoms with Crippen molar-refractivity contribution in [2.24, 2.45) is 11.7 Å². The van der Waals surface area contributed by atoms with Gasteiger partial charge < -0.3 is 15.8 Å². The number of primary amides is 1. The van der Waals surface area contributed by atoms with E-state index in [9.17, 15) is 9.18 Å². The van der Waals surface area contributed by atoms with Crippen LogP contribution in [0, 0.1) is 18.7 Å². The molecule has 1 atom stereocenters. The number of carbonyl (C=O) groups is 1. The highest BCUT2D eigenvalue weighted by atomic mass is 19.1. The number of hydrogen-bond acceptors (Lipinski definition) is 3. The summed E-state index contributed by atoms with van der Waals surface area (Å²) in [4.78, 5) is 11.7. The Morgan fingerprint density at radius 3 is 2.72 bits per heavy atom. The number of halogens is 1. The van der Waals surface area contributed by atoms with Gasteiger partial charge in [0, 0.05) is 13.0 Å². The van der Waals surface area contributed by atoms with Crippen molar-refractivity contribution in [3.05, 3.63) is 35.1 Å². The largest absolute Gasteiger partial charge is 0.379 e. The topological polar surface area (TPSA) is 64.3 Å². The summed E-state index contributed by atoms with van der Waals surface area (Å²) in [5.74, 6) is 0.766. The maximum atomic E-state index is 13.3. The Balaban J connectivity index is 1.46. The highest BCUT2D eigenvalue weighted by Crippen LogP contribution is 2.38. The maximum absolute atomic E-state index is 13.3. The summed E-state index contributed by atoms with van der Waals surface area (Å²) in [5, 5.41) is 3.36. The number of hydrogen-bond donors (Lipinski definition) is 2. The van der Waals surface area contributed by atoms with Crippen LogP contribution in [-0.4, -0.2) is 31.2 Å². The smallest absolute Gasteiger partial charge is 0.240 e. The SMILES string of the molecule is Cc1cc(F)ccc1C1CCC(CCNC2(C(N)=O)CCOC2)CC1.